The van der Waals surface area contributed by atoms with Crippen molar-refractivity contribution in [3.8, 4) is 22.3 Å². The number of nitrogens with one attached hydrogen (secondary N) is 1. The molecule has 4 nitrogen and oxygen atoms in total. The number of hydrogen-bond donors (Lipinski definition) is 1. The smallest absolute Gasteiger partial charge is 0.159 e. The number of nitrogens with zero attached hydrogens (tertiary/aromatic N) is 2. The van der Waals surface area contributed by atoms with Crippen molar-refractivity contribution in [2.24, 2.45) is 9.98 Å². The van der Waals surface area contributed by atoms with Crippen LogP contribution in [-0.2, 0) is 0 Å². The Balaban J connectivity index is 1.08. The van der Waals surface area contributed by atoms with Crippen LogP contribution in [0.5, 0.6) is 0 Å². The molecule has 0 amide bonds. The number of amidine groups is 2. The average Bonchev–Trinajstić information content (AvgIpc) is 3.65. The molecule has 11 rings (SSSR count). The van der Waals surface area contributed by atoms with Gasteiger partial charge in [-0.25, -0.2) is 9.98 Å². The number of aliphatic imine (C=N–C) groups is 2. The highest BCUT2D eigenvalue weighted by atomic mass is 16.3. The molecule has 0 aliphatic carbocycles. The van der Waals surface area contributed by atoms with Gasteiger partial charge in [0.15, 0.2) is 5.84 Å². The van der Waals surface area contributed by atoms with Gasteiger partial charge in [0.1, 0.15) is 23.2 Å². The van der Waals surface area contributed by atoms with E-state index in [1.54, 1.807) is 0 Å². The fraction of sp³-hybridized carbons (Fsp3) is 0.0196. The Morgan fingerprint density at radius 1 is 0.382 bits per heavy atom. The molecule has 1 aliphatic heterocycles. The van der Waals surface area contributed by atoms with Crippen molar-refractivity contribution in [2.45, 2.75) is 6.17 Å². The second-order valence-electron chi connectivity index (χ2n) is 14.2. The van der Waals surface area contributed by atoms with Gasteiger partial charge in [-0.15, -0.1) is 0 Å². The summed E-state index contributed by atoms with van der Waals surface area (Å²) in [6.07, 6.45) is -0.418. The molecule has 0 saturated heterocycles. The van der Waals surface area contributed by atoms with E-state index in [0.717, 1.165) is 61.2 Å². The van der Waals surface area contributed by atoms with Crippen LogP contribution in [-0.4, -0.2) is 11.7 Å². The molecule has 258 valence electrons. The van der Waals surface area contributed by atoms with E-state index < -0.39 is 6.17 Å². The average molecular weight is 704 g/mol. The van der Waals surface area contributed by atoms with E-state index in [4.69, 9.17) is 14.4 Å². The van der Waals surface area contributed by atoms with E-state index >= 15 is 0 Å². The first-order valence-corrected chi connectivity index (χ1v) is 18.7. The van der Waals surface area contributed by atoms with E-state index in [2.05, 4.69) is 145 Å². The topological polar surface area (TPSA) is 49.9 Å². The van der Waals surface area contributed by atoms with Crippen LogP contribution in [0.4, 0.5) is 0 Å². The standard InChI is InChI=1S/C51H33N3O/c1-3-14-32(15-4-1)49-52-50(33-16-5-2-6-17-33)54-51(53-49)45-30-37(31-47-48(45)43-24-11-12-25-46(43)55-47)35-19-13-18-34(28-35)36-26-27-42-40-22-8-7-20-38(40)39-21-9-10-23-41(39)44(42)29-36/h1-31,51H,(H,52,53,54). The lowest BCUT2D eigenvalue weighted by Gasteiger charge is -2.24. The molecule has 4 heteroatoms. The predicted molar refractivity (Wildman–Crippen MR) is 229 cm³/mol. The summed E-state index contributed by atoms with van der Waals surface area (Å²) in [4.78, 5) is 10.3. The van der Waals surface area contributed by atoms with E-state index in [0.29, 0.717) is 5.84 Å². The SMILES string of the molecule is c1ccc(C2=NC(c3cc(-c4cccc(-c5ccc6c7ccccc7c7ccccc7c6c5)c4)cc4oc5ccccc5c34)NC(c3ccccc3)=N2)cc1. The molecule has 0 radical (unpaired) electrons. The zero-order valence-corrected chi connectivity index (χ0v) is 29.8. The van der Waals surface area contributed by atoms with Crippen LogP contribution in [0.3, 0.4) is 0 Å². The molecule has 0 bridgehead atoms. The van der Waals surface area contributed by atoms with E-state index in [-0.39, 0.29) is 0 Å². The first-order valence-electron chi connectivity index (χ1n) is 18.7. The molecule has 1 aliphatic rings. The Kier molecular flexibility index (Phi) is 7.20. The molecule has 2 heterocycles. The Hall–Kier alpha value is -7.30. The Bertz CT molecular complexity index is 3140. The summed E-state index contributed by atoms with van der Waals surface area (Å²) in [6.45, 7) is 0. The predicted octanol–water partition coefficient (Wildman–Crippen LogP) is 12.9. The van der Waals surface area contributed by atoms with Crippen LogP contribution in [0.25, 0.3) is 76.5 Å². The first-order chi connectivity index (χ1) is 27.2. The van der Waals surface area contributed by atoms with Crippen molar-refractivity contribution >= 4 is 65.9 Å². The van der Waals surface area contributed by atoms with Crippen LogP contribution in [0, 0.1) is 0 Å². The fourth-order valence-electron chi connectivity index (χ4n) is 8.30. The highest BCUT2D eigenvalue weighted by Gasteiger charge is 2.25. The summed E-state index contributed by atoms with van der Waals surface area (Å²) < 4.78 is 6.60. The highest BCUT2D eigenvalue weighted by molar-refractivity contribution is 6.25. The number of rotatable bonds is 5. The number of hydrogen-bond acceptors (Lipinski definition) is 4. The largest absolute Gasteiger partial charge is 0.456 e. The molecule has 1 atom stereocenters. The lowest BCUT2D eigenvalue weighted by molar-refractivity contribution is 0.662. The summed E-state index contributed by atoms with van der Waals surface area (Å²) in [6, 6.07) is 66.4. The molecule has 0 spiro atoms. The second-order valence-corrected chi connectivity index (χ2v) is 14.2. The van der Waals surface area contributed by atoms with Crippen LogP contribution in [0.15, 0.2) is 202 Å². The molecular formula is C51H33N3O. The lowest BCUT2D eigenvalue weighted by Crippen LogP contribution is -2.33. The Morgan fingerprint density at radius 2 is 0.927 bits per heavy atom. The maximum Gasteiger partial charge on any atom is 0.159 e. The third-order valence-corrected chi connectivity index (χ3v) is 10.9. The van der Waals surface area contributed by atoms with Gasteiger partial charge in [0, 0.05) is 27.5 Å². The van der Waals surface area contributed by atoms with Crippen molar-refractivity contribution < 1.29 is 4.42 Å². The van der Waals surface area contributed by atoms with Crippen molar-refractivity contribution in [1.29, 1.82) is 0 Å². The van der Waals surface area contributed by atoms with Crippen LogP contribution < -0.4 is 5.32 Å². The fourth-order valence-corrected chi connectivity index (χ4v) is 8.30. The summed E-state index contributed by atoms with van der Waals surface area (Å²) in [5, 5.41) is 13.5. The minimum atomic E-state index is -0.418. The monoisotopic (exact) mass is 703 g/mol. The van der Waals surface area contributed by atoms with E-state index in [9.17, 15) is 0 Å². The third kappa shape index (κ3) is 5.30. The summed E-state index contributed by atoms with van der Waals surface area (Å²) >= 11 is 0. The Morgan fingerprint density at radius 3 is 1.64 bits per heavy atom. The minimum absolute atomic E-state index is 0.418. The van der Waals surface area contributed by atoms with Crippen LogP contribution in [0.1, 0.15) is 22.9 Å². The number of benzene rings is 9. The molecule has 9 aromatic carbocycles. The number of fused-ring (bicyclic) bond motifs is 9. The van der Waals surface area contributed by atoms with Crippen molar-refractivity contribution in [2.75, 3.05) is 0 Å². The zero-order valence-electron chi connectivity index (χ0n) is 29.8. The molecule has 0 saturated carbocycles. The summed E-state index contributed by atoms with van der Waals surface area (Å²) in [7, 11) is 0. The molecule has 1 aromatic heterocycles. The number of furan rings is 1. The molecule has 1 N–H and O–H groups in total. The maximum absolute atomic E-state index is 6.60. The third-order valence-electron chi connectivity index (χ3n) is 10.9. The van der Waals surface area contributed by atoms with Gasteiger partial charge in [-0.1, -0.05) is 158 Å². The van der Waals surface area contributed by atoms with Gasteiger partial charge >= 0.3 is 0 Å². The second kappa shape index (κ2) is 12.7. The maximum atomic E-state index is 6.60. The van der Waals surface area contributed by atoms with Crippen molar-refractivity contribution in [3.63, 3.8) is 0 Å². The molecule has 10 aromatic rings. The van der Waals surface area contributed by atoms with Crippen molar-refractivity contribution in [3.05, 3.63) is 205 Å². The van der Waals surface area contributed by atoms with Gasteiger partial charge in [0.25, 0.3) is 0 Å². The van der Waals surface area contributed by atoms with Gasteiger partial charge in [-0.2, -0.15) is 0 Å². The normalized spacial score (nSPS) is 14.4. The van der Waals surface area contributed by atoms with Crippen LogP contribution in [0.2, 0.25) is 0 Å². The summed E-state index contributed by atoms with van der Waals surface area (Å²) in [5.74, 6) is 1.47. The van der Waals surface area contributed by atoms with E-state index in [1.165, 1.54) is 37.9 Å². The first kappa shape index (κ1) is 31.2. The summed E-state index contributed by atoms with van der Waals surface area (Å²) in [5.41, 5.74) is 9.16. The molecule has 1 unspecified atom stereocenters. The van der Waals surface area contributed by atoms with E-state index in [1.807, 2.05) is 48.5 Å². The Labute approximate surface area is 317 Å². The van der Waals surface area contributed by atoms with Gasteiger partial charge < -0.3 is 9.73 Å². The highest BCUT2D eigenvalue weighted by Crippen LogP contribution is 2.41. The molecule has 55 heavy (non-hydrogen) atoms. The molecular weight excluding hydrogens is 671 g/mol. The lowest BCUT2D eigenvalue weighted by atomic mass is 9.91. The van der Waals surface area contributed by atoms with Crippen molar-refractivity contribution in [1.82, 2.24) is 5.32 Å². The molecule has 0 fully saturated rings. The number of para-hydroxylation sites is 1. The minimum Gasteiger partial charge on any atom is -0.456 e. The van der Waals surface area contributed by atoms with Crippen LogP contribution >= 0.6 is 0 Å². The van der Waals surface area contributed by atoms with Gasteiger partial charge in [-0.05, 0) is 84.9 Å². The van der Waals surface area contributed by atoms with Gasteiger partial charge in [0.2, 0.25) is 0 Å². The van der Waals surface area contributed by atoms with Gasteiger partial charge in [0.05, 0.1) is 0 Å². The van der Waals surface area contributed by atoms with Gasteiger partial charge in [-0.3, -0.25) is 0 Å². The zero-order chi connectivity index (χ0) is 36.3. The quantitative estimate of drug-likeness (QED) is 0.181.